The summed E-state index contributed by atoms with van der Waals surface area (Å²) in [6, 6.07) is 6.56. The van der Waals surface area contributed by atoms with Crippen LogP contribution in [0.4, 0.5) is 0 Å². The summed E-state index contributed by atoms with van der Waals surface area (Å²) in [4.78, 5) is 0.235. The molecule has 2 nitrogen and oxygen atoms in total. The zero-order chi connectivity index (χ0) is 12.7. The predicted octanol–water partition coefficient (Wildman–Crippen LogP) is 3.91. The lowest BCUT2D eigenvalue weighted by atomic mass is 10.2. The number of sulfone groups is 1. The first-order chi connectivity index (χ1) is 8.08. The highest BCUT2D eigenvalue weighted by atomic mass is 35.5. The lowest BCUT2D eigenvalue weighted by Crippen LogP contribution is -2.07. The third kappa shape index (κ3) is 4.86. The predicted molar refractivity (Wildman–Crippen MR) is 72.7 cm³/mol. The maximum atomic E-state index is 12.0. The van der Waals surface area contributed by atoms with Gasteiger partial charge in [0.05, 0.1) is 15.7 Å². The largest absolute Gasteiger partial charge is 0.224 e. The van der Waals surface area contributed by atoms with Gasteiger partial charge >= 0.3 is 0 Å². The van der Waals surface area contributed by atoms with Crippen LogP contribution < -0.4 is 0 Å². The molecule has 0 aliphatic carbocycles. The molecule has 1 aromatic rings. The van der Waals surface area contributed by atoms with Crippen LogP contribution in [-0.2, 0) is 9.84 Å². The molecule has 0 N–H and O–H groups in total. The van der Waals surface area contributed by atoms with Crippen LogP contribution in [0.1, 0.15) is 25.7 Å². The minimum absolute atomic E-state index is 0.152. The summed E-state index contributed by atoms with van der Waals surface area (Å²) in [7, 11) is -3.24. The minimum Gasteiger partial charge on any atom is -0.224 e. The van der Waals surface area contributed by atoms with Gasteiger partial charge in [0, 0.05) is 5.88 Å². The summed E-state index contributed by atoms with van der Waals surface area (Å²) in [5.74, 6) is 0.788. The quantitative estimate of drug-likeness (QED) is 0.564. The van der Waals surface area contributed by atoms with Crippen LogP contribution >= 0.6 is 23.2 Å². The molecule has 0 bridgehead atoms. The number of benzene rings is 1. The molecule has 0 heterocycles. The first-order valence-corrected chi connectivity index (χ1v) is 8.17. The molecule has 0 aliphatic rings. The summed E-state index contributed by atoms with van der Waals surface area (Å²) in [6.45, 7) is 0. The Kier molecular flexibility index (Phi) is 6.31. The van der Waals surface area contributed by atoms with Crippen LogP contribution in [0.3, 0.4) is 0 Å². The molecule has 0 amide bonds. The van der Waals surface area contributed by atoms with Gasteiger partial charge in [0.1, 0.15) is 0 Å². The Morgan fingerprint density at radius 2 is 1.65 bits per heavy atom. The van der Waals surface area contributed by atoms with Gasteiger partial charge in [-0.1, -0.05) is 36.6 Å². The van der Waals surface area contributed by atoms with E-state index < -0.39 is 9.84 Å². The third-order valence-electron chi connectivity index (χ3n) is 2.47. The highest BCUT2D eigenvalue weighted by molar-refractivity contribution is 7.91. The van der Waals surface area contributed by atoms with E-state index in [0.29, 0.717) is 17.3 Å². The molecule has 0 radical (unpaired) electrons. The Balaban J connectivity index is 2.55. The van der Waals surface area contributed by atoms with Crippen molar-refractivity contribution in [2.24, 2.45) is 0 Å². The molecule has 0 unspecified atom stereocenters. The van der Waals surface area contributed by atoms with Crippen molar-refractivity contribution in [1.82, 2.24) is 0 Å². The van der Waals surface area contributed by atoms with Crippen LogP contribution in [-0.4, -0.2) is 20.1 Å². The van der Waals surface area contributed by atoms with Crippen molar-refractivity contribution in [3.05, 3.63) is 29.3 Å². The number of halogens is 2. The number of unbranched alkanes of at least 4 members (excludes halogenated alkanes) is 3. The SMILES string of the molecule is O=S(=O)(CCCCCCCl)c1ccccc1Cl. The lowest BCUT2D eigenvalue weighted by molar-refractivity contribution is 0.589. The maximum Gasteiger partial charge on any atom is 0.179 e. The summed E-state index contributed by atoms with van der Waals surface area (Å²) in [5, 5.41) is 0.299. The van der Waals surface area contributed by atoms with Gasteiger partial charge in [-0.25, -0.2) is 8.42 Å². The summed E-state index contributed by atoms with van der Waals surface area (Å²) < 4.78 is 24.0. The molecule has 96 valence electrons. The smallest absolute Gasteiger partial charge is 0.179 e. The highest BCUT2D eigenvalue weighted by Crippen LogP contribution is 2.22. The Morgan fingerprint density at radius 3 is 2.29 bits per heavy atom. The van der Waals surface area contributed by atoms with E-state index in [1.54, 1.807) is 24.3 Å². The van der Waals surface area contributed by atoms with Crippen LogP contribution in [0.5, 0.6) is 0 Å². The Morgan fingerprint density at radius 1 is 1.00 bits per heavy atom. The van der Waals surface area contributed by atoms with Crippen LogP contribution in [0.15, 0.2) is 29.2 Å². The topological polar surface area (TPSA) is 34.1 Å². The Bertz CT molecular complexity index is 444. The summed E-state index contributed by atoms with van der Waals surface area (Å²) in [6.07, 6.45) is 3.45. The summed E-state index contributed by atoms with van der Waals surface area (Å²) in [5.41, 5.74) is 0. The highest BCUT2D eigenvalue weighted by Gasteiger charge is 2.16. The van der Waals surface area contributed by atoms with Gasteiger partial charge in [-0.05, 0) is 25.0 Å². The first kappa shape index (κ1) is 14.8. The van der Waals surface area contributed by atoms with Crippen molar-refractivity contribution in [2.45, 2.75) is 30.6 Å². The third-order valence-corrected chi connectivity index (χ3v) is 5.03. The molecule has 1 aromatic carbocycles. The molecule has 0 aromatic heterocycles. The molecular weight excluding hydrogens is 279 g/mol. The monoisotopic (exact) mass is 294 g/mol. The first-order valence-electron chi connectivity index (χ1n) is 5.61. The van der Waals surface area contributed by atoms with Gasteiger partial charge in [-0.15, -0.1) is 11.6 Å². The molecular formula is C12H16Cl2O2S. The van der Waals surface area contributed by atoms with Gasteiger partial charge in [0.15, 0.2) is 9.84 Å². The normalized spacial score (nSPS) is 11.6. The van der Waals surface area contributed by atoms with E-state index in [2.05, 4.69) is 0 Å². The molecule has 5 heteroatoms. The van der Waals surface area contributed by atoms with Crippen molar-refractivity contribution >= 4 is 33.0 Å². The molecule has 17 heavy (non-hydrogen) atoms. The van der Waals surface area contributed by atoms with E-state index >= 15 is 0 Å². The van der Waals surface area contributed by atoms with Crippen LogP contribution in [0.2, 0.25) is 5.02 Å². The van der Waals surface area contributed by atoms with Crippen molar-refractivity contribution in [2.75, 3.05) is 11.6 Å². The van der Waals surface area contributed by atoms with E-state index in [-0.39, 0.29) is 10.6 Å². The van der Waals surface area contributed by atoms with Gasteiger partial charge in [-0.2, -0.15) is 0 Å². The number of hydrogen-bond acceptors (Lipinski definition) is 2. The van der Waals surface area contributed by atoms with Crippen molar-refractivity contribution in [1.29, 1.82) is 0 Å². The van der Waals surface area contributed by atoms with Crippen molar-refractivity contribution in [3.8, 4) is 0 Å². The zero-order valence-electron chi connectivity index (χ0n) is 9.53. The average molecular weight is 295 g/mol. The van der Waals surface area contributed by atoms with Gasteiger partial charge in [-0.3, -0.25) is 0 Å². The molecule has 0 atom stereocenters. The molecule has 0 saturated heterocycles. The van der Waals surface area contributed by atoms with E-state index in [1.165, 1.54) is 0 Å². The fourth-order valence-corrected chi connectivity index (χ4v) is 3.68. The molecule has 0 fully saturated rings. The van der Waals surface area contributed by atoms with Gasteiger partial charge < -0.3 is 0 Å². The minimum atomic E-state index is -3.24. The molecule has 0 saturated carbocycles. The maximum absolute atomic E-state index is 12.0. The fraction of sp³-hybridized carbons (Fsp3) is 0.500. The fourth-order valence-electron chi connectivity index (χ4n) is 1.55. The van der Waals surface area contributed by atoms with E-state index in [0.717, 1.165) is 19.3 Å². The standard InChI is InChI=1S/C12H16Cl2O2S/c13-9-5-1-2-6-10-17(15,16)12-8-4-3-7-11(12)14/h3-4,7-8H,1-2,5-6,9-10H2. The number of hydrogen-bond donors (Lipinski definition) is 0. The molecule has 1 rings (SSSR count). The van der Waals surface area contributed by atoms with E-state index in [9.17, 15) is 8.42 Å². The number of rotatable bonds is 7. The van der Waals surface area contributed by atoms with Crippen LogP contribution in [0.25, 0.3) is 0 Å². The van der Waals surface area contributed by atoms with Crippen molar-refractivity contribution < 1.29 is 8.42 Å². The second-order valence-electron chi connectivity index (χ2n) is 3.85. The average Bonchev–Trinajstić information content (AvgIpc) is 2.29. The van der Waals surface area contributed by atoms with Crippen LogP contribution in [0, 0.1) is 0 Å². The lowest BCUT2D eigenvalue weighted by Gasteiger charge is -2.05. The second kappa shape index (κ2) is 7.24. The Hall–Kier alpha value is -0.250. The van der Waals surface area contributed by atoms with Crippen molar-refractivity contribution in [3.63, 3.8) is 0 Å². The zero-order valence-corrected chi connectivity index (χ0v) is 11.9. The molecule has 0 spiro atoms. The molecule has 0 aliphatic heterocycles. The summed E-state index contributed by atoms with van der Waals surface area (Å²) >= 11 is 11.4. The number of alkyl halides is 1. The van der Waals surface area contributed by atoms with E-state index in [1.807, 2.05) is 0 Å². The van der Waals surface area contributed by atoms with E-state index in [4.69, 9.17) is 23.2 Å². The Labute approximate surface area is 113 Å². The van der Waals surface area contributed by atoms with Gasteiger partial charge in [0.25, 0.3) is 0 Å². The second-order valence-corrected chi connectivity index (χ2v) is 6.72. The van der Waals surface area contributed by atoms with Gasteiger partial charge in [0.2, 0.25) is 0 Å².